The number of hydrogen-bond acceptors (Lipinski definition) is 3. The standard InChI is InChI=1S/C11H18NO3P/c1-5-15-16(12,13)11-8(2)6-10(14-4)7-9(11)3/h6-7H,5H2,1-4H3,(H2,12,13)/t16-/m1/s1. The zero-order valence-electron chi connectivity index (χ0n) is 10.1. The number of nitrogens with two attached hydrogens (primary N) is 1. The molecule has 0 saturated carbocycles. The highest BCUT2D eigenvalue weighted by Crippen LogP contribution is 2.39. The van der Waals surface area contributed by atoms with Crippen LogP contribution in [-0.4, -0.2) is 13.7 Å². The maximum atomic E-state index is 12.2. The van der Waals surface area contributed by atoms with Crippen molar-refractivity contribution in [2.75, 3.05) is 13.7 Å². The molecule has 0 aliphatic carbocycles. The van der Waals surface area contributed by atoms with E-state index in [0.29, 0.717) is 11.9 Å². The molecular weight excluding hydrogens is 225 g/mol. The van der Waals surface area contributed by atoms with Gasteiger partial charge in [0, 0.05) is 0 Å². The first-order chi connectivity index (χ1) is 7.42. The largest absolute Gasteiger partial charge is 0.497 e. The summed E-state index contributed by atoms with van der Waals surface area (Å²) in [5.41, 5.74) is 7.39. The van der Waals surface area contributed by atoms with E-state index < -0.39 is 7.52 Å². The van der Waals surface area contributed by atoms with Crippen LogP contribution in [-0.2, 0) is 9.09 Å². The maximum Gasteiger partial charge on any atom is 0.297 e. The van der Waals surface area contributed by atoms with E-state index in [9.17, 15) is 4.57 Å². The van der Waals surface area contributed by atoms with E-state index in [1.165, 1.54) is 0 Å². The van der Waals surface area contributed by atoms with Crippen molar-refractivity contribution in [3.8, 4) is 5.75 Å². The number of hydrogen-bond donors (Lipinski definition) is 1. The van der Waals surface area contributed by atoms with E-state index in [0.717, 1.165) is 16.9 Å². The van der Waals surface area contributed by atoms with Gasteiger partial charge in [-0.05, 0) is 44.0 Å². The Kier molecular flexibility index (Phi) is 4.14. The van der Waals surface area contributed by atoms with Gasteiger partial charge in [-0.15, -0.1) is 0 Å². The Balaban J connectivity index is 3.29. The van der Waals surface area contributed by atoms with Crippen LogP contribution in [0.3, 0.4) is 0 Å². The van der Waals surface area contributed by atoms with Crippen LogP contribution in [0.4, 0.5) is 0 Å². The zero-order chi connectivity index (χ0) is 12.3. The first kappa shape index (κ1) is 13.2. The molecule has 0 aliphatic heterocycles. The molecule has 5 heteroatoms. The maximum absolute atomic E-state index is 12.2. The monoisotopic (exact) mass is 243 g/mol. The van der Waals surface area contributed by atoms with Gasteiger partial charge in [0.1, 0.15) is 5.75 Å². The minimum Gasteiger partial charge on any atom is -0.497 e. The average Bonchev–Trinajstić information content (AvgIpc) is 2.15. The first-order valence-corrected chi connectivity index (χ1v) is 6.80. The molecule has 1 aromatic rings. The van der Waals surface area contributed by atoms with E-state index >= 15 is 0 Å². The van der Waals surface area contributed by atoms with Gasteiger partial charge in [-0.2, -0.15) is 0 Å². The highest BCUT2D eigenvalue weighted by Gasteiger charge is 2.24. The fraction of sp³-hybridized carbons (Fsp3) is 0.455. The second kappa shape index (κ2) is 5.00. The minimum absolute atomic E-state index is 0.332. The van der Waals surface area contributed by atoms with Crippen LogP contribution in [0.1, 0.15) is 18.1 Å². The third-order valence-corrected chi connectivity index (χ3v) is 4.30. The van der Waals surface area contributed by atoms with Crippen LogP contribution in [0.15, 0.2) is 12.1 Å². The molecule has 90 valence electrons. The molecule has 0 unspecified atom stereocenters. The Morgan fingerprint density at radius 2 is 1.81 bits per heavy atom. The Bertz CT molecular complexity index is 408. The highest BCUT2D eigenvalue weighted by atomic mass is 31.2. The number of rotatable bonds is 4. The van der Waals surface area contributed by atoms with E-state index in [-0.39, 0.29) is 0 Å². The summed E-state index contributed by atoms with van der Waals surface area (Å²) in [6.07, 6.45) is 0. The van der Waals surface area contributed by atoms with Crippen molar-refractivity contribution in [3.05, 3.63) is 23.3 Å². The average molecular weight is 243 g/mol. The van der Waals surface area contributed by atoms with Gasteiger partial charge in [-0.25, -0.2) is 0 Å². The summed E-state index contributed by atoms with van der Waals surface area (Å²) in [4.78, 5) is 0. The van der Waals surface area contributed by atoms with E-state index in [2.05, 4.69) is 0 Å². The summed E-state index contributed by atoms with van der Waals surface area (Å²) >= 11 is 0. The second-order valence-corrected chi connectivity index (χ2v) is 5.52. The smallest absolute Gasteiger partial charge is 0.297 e. The van der Waals surface area contributed by atoms with Crippen molar-refractivity contribution in [2.24, 2.45) is 5.50 Å². The van der Waals surface area contributed by atoms with E-state index in [4.69, 9.17) is 14.8 Å². The summed E-state index contributed by atoms with van der Waals surface area (Å²) in [5, 5.41) is 0.593. The Morgan fingerprint density at radius 3 is 2.19 bits per heavy atom. The van der Waals surface area contributed by atoms with E-state index in [1.54, 1.807) is 26.2 Å². The van der Waals surface area contributed by atoms with Gasteiger partial charge in [0.25, 0.3) is 7.52 Å². The Morgan fingerprint density at radius 1 is 1.31 bits per heavy atom. The molecule has 0 spiro atoms. The molecule has 0 bridgehead atoms. The molecule has 1 rings (SSSR count). The molecule has 1 atom stereocenters. The highest BCUT2D eigenvalue weighted by molar-refractivity contribution is 7.64. The summed E-state index contributed by atoms with van der Waals surface area (Å²) in [6, 6.07) is 3.61. The van der Waals surface area contributed by atoms with Crippen molar-refractivity contribution in [2.45, 2.75) is 20.8 Å². The number of aryl methyl sites for hydroxylation is 2. The predicted molar refractivity (Wildman–Crippen MR) is 65.5 cm³/mol. The molecule has 2 N–H and O–H groups in total. The minimum atomic E-state index is -3.21. The van der Waals surface area contributed by atoms with Crippen molar-refractivity contribution in [3.63, 3.8) is 0 Å². The number of ether oxygens (including phenoxy) is 1. The Labute approximate surface area is 96.3 Å². The third kappa shape index (κ3) is 2.64. The number of methoxy groups -OCH3 is 1. The lowest BCUT2D eigenvalue weighted by molar-refractivity contribution is 0.341. The number of benzene rings is 1. The molecule has 4 nitrogen and oxygen atoms in total. The lowest BCUT2D eigenvalue weighted by atomic mass is 10.1. The van der Waals surface area contributed by atoms with Gasteiger partial charge >= 0.3 is 0 Å². The SMILES string of the molecule is CCO[P@](N)(=O)c1c(C)cc(OC)cc1C. The molecule has 0 radical (unpaired) electrons. The predicted octanol–water partition coefficient (Wildman–Crippen LogP) is 2.13. The molecule has 0 heterocycles. The third-order valence-electron chi connectivity index (χ3n) is 2.33. The van der Waals surface area contributed by atoms with Crippen molar-refractivity contribution < 1.29 is 13.8 Å². The van der Waals surface area contributed by atoms with Gasteiger partial charge in [0.05, 0.1) is 19.0 Å². The fourth-order valence-electron chi connectivity index (χ4n) is 1.78. The quantitative estimate of drug-likeness (QED) is 0.823. The van der Waals surface area contributed by atoms with Crippen LogP contribution >= 0.6 is 7.52 Å². The van der Waals surface area contributed by atoms with Gasteiger partial charge in [-0.3, -0.25) is 10.1 Å². The molecule has 0 aromatic heterocycles. The second-order valence-electron chi connectivity index (χ2n) is 3.62. The summed E-state index contributed by atoms with van der Waals surface area (Å²) in [6.45, 7) is 5.80. The molecule has 0 fully saturated rings. The lowest BCUT2D eigenvalue weighted by Crippen LogP contribution is -2.20. The Hall–Kier alpha value is -0.830. The van der Waals surface area contributed by atoms with Crippen molar-refractivity contribution in [1.82, 2.24) is 0 Å². The van der Waals surface area contributed by atoms with E-state index in [1.807, 2.05) is 13.8 Å². The van der Waals surface area contributed by atoms with Crippen LogP contribution in [0.5, 0.6) is 5.75 Å². The molecule has 16 heavy (non-hydrogen) atoms. The van der Waals surface area contributed by atoms with Gasteiger partial charge in [-0.1, -0.05) is 0 Å². The van der Waals surface area contributed by atoms with Gasteiger partial charge < -0.3 is 9.26 Å². The lowest BCUT2D eigenvalue weighted by Gasteiger charge is -2.18. The zero-order valence-corrected chi connectivity index (χ0v) is 11.0. The molecule has 1 aromatic carbocycles. The van der Waals surface area contributed by atoms with Crippen LogP contribution < -0.4 is 15.5 Å². The first-order valence-electron chi connectivity index (χ1n) is 5.11. The van der Waals surface area contributed by atoms with Gasteiger partial charge in [0.2, 0.25) is 0 Å². The van der Waals surface area contributed by atoms with Crippen LogP contribution in [0.2, 0.25) is 0 Å². The summed E-state index contributed by atoms with van der Waals surface area (Å²) in [7, 11) is -1.61. The molecular formula is C11H18NO3P. The summed E-state index contributed by atoms with van der Waals surface area (Å²) in [5.74, 6) is 0.732. The molecule has 0 aliphatic rings. The normalized spacial score (nSPS) is 14.6. The topological polar surface area (TPSA) is 61.5 Å². The van der Waals surface area contributed by atoms with Crippen molar-refractivity contribution >= 4 is 12.8 Å². The van der Waals surface area contributed by atoms with Crippen LogP contribution in [0.25, 0.3) is 0 Å². The van der Waals surface area contributed by atoms with Gasteiger partial charge in [0.15, 0.2) is 0 Å². The van der Waals surface area contributed by atoms with Crippen molar-refractivity contribution in [1.29, 1.82) is 0 Å². The van der Waals surface area contributed by atoms with Crippen LogP contribution in [0, 0.1) is 13.8 Å². The molecule has 0 saturated heterocycles. The summed E-state index contributed by atoms with van der Waals surface area (Å²) < 4.78 is 22.4. The molecule has 0 amide bonds. The fourth-order valence-corrected chi connectivity index (χ4v) is 3.41.